The van der Waals surface area contributed by atoms with Gasteiger partial charge >= 0.3 is 6.03 Å². The van der Waals surface area contributed by atoms with Crippen LogP contribution in [0.15, 0.2) is 48.5 Å². The van der Waals surface area contributed by atoms with Crippen LogP contribution in [0.25, 0.3) is 0 Å². The molecule has 7 heteroatoms. The van der Waals surface area contributed by atoms with Crippen molar-refractivity contribution in [2.45, 2.75) is 64.6 Å². The van der Waals surface area contributed by atoms with Crippen LogP contribution in [0.2, 0.25) is 0 Å². The van der Waals surface area contributed by atoms with Gasteiger partial charge in [0.05, 0.1) is 12.0 Å². The van der Waals surface area contributed by atoms with Crippen molar-refractivity contribution < 1.29 is 14.3 Å². The van der Waals surface area contributed by atoms with Crippen LogP contribution in [-0.2, 0) is 16.1 Å². The van der Waals surface area contributed by atoms with Gasteiger partial charge in [0, 0.05) is 51.2 Å². The molecule has 190 valence electrons. The maximum atomic E-state index is 13.9. The number of ether oxygens (including phenoxy) is 1. The molecule has 0 saturated carbocycles. The van der Waals surface area contributed by atoms with E-state index in [-0.39, 0.29) is 30.0 Å². The lowest BCUT2D eigenvalue weighted by molar-refractivity contribution is -0.135. The minimum Gasteiger partial charge on any atom is -0.377 e. The van der Waals surface area contributed by atoms with E-state index < -0.39 is 0 Å². The Kier molecular flexibility index (Phi) is 9.55. The zero-order valence-electron chi connectivity index (χ0n) is 21.7. The molecule has 7 nitrogen and oxygen atoms in total. The predicted octanol–water partition coefficient (Wildman–Crippen LogP) is 4.98. The number of carbonyl (C=O) groups is 2. The van der Waals surface area contributed by atoms with Crippen molar-refractivity contribution in [3.63, 3.8) is 0 Å². The summed E-state index contributed by atoms with van der Waals surface area (Å²) in [6.45, 7) is 7.65. The standard InChI is InChI=1S/C28H40N4O3/c1-6-25(21-11-8-7-9-12-21)27(33)32(19-24-13-10-16-35-24)18-22-17-23(14-15-26(22)31(4)5)30-28(34)29-20(2)3/h7-9,11-12,14-15,17,20,24-25H,6,10,13,16,18-19H2,1-5H3,(H2,29,30,34)/t24-,25+/m0/s1. The van der Waals surface area contributed by atoms with Crippen molar-refractivity contribution in [2.24, 2.45) is 0 Å². The normalized spacial score (nSPS) is 16.1. The van der Waals surface area contributed by atoms with E-state index in [1.54, 1.807) is 0 Å². The van der Waals surface area contributed by atoms with Crippen LogP contribution in [0.5, 0.6) is 0 Å². The van der Waals surface area contributed by atoms with Crippen LogP contribution in [-0.4, -0.2) is 56.2 Å². The van der Waals surface area contributed by atoms with Gasteiger partial charge in [-0.15, -0.1) is 0 Å². The van der Waals surface area contributed by atoms with Gasteiger partial charge in [-0.05, 0) is 62.4 Å². The molecule has 0 unspecified atom stereocenters. The quantitative estimate of drug-likeness (QED) is 0.503. The summed E-state index contributed by atoms with van der Waals surface area (Å²) in [5.74, 6) is -0.103. The van der Waals surface area contributed by atoms with Gasteiger partial charge < -0.3 is 25.2 Å². The first kappa shape index (κ1) is 26.5. The largest absolute Gasteiger partial charge is 0.377 e. The molecule has 0 aliphatic carbocycles. The highest BCUT2D eigenvalue weighted by molar-refractivity contribution is 5.90. The van der Waals surface area contributed by atoms with E-state index in [0.29, 0.717) is 18.8 Å². The summed E-state index contributed by atoms with van der Waals surface area (Å²) in [5, 5.41) is 5.77. The average Bonchev–Trinajstić information content (AvgIpc) is 3.32. The Morgan fingerprint density at radius 2 is 1.86 bits per heavy atom. The Hall–Kier alpha value is -3.06. The first-order valence-electron chi connectivity index (χ1n) is 12.6. The maximum absolute atomic E-state index is 13.9. The fraction of sp³-hybridized carbons (Fsp3) is 0.500. The number of hydrogen-bond acceptors (Lipinski definition) is 4. The minimum atomic E-state index is -0.244. The number of nitrogens with one attached hydrogen (secondary N) is 2. The summed E-state index contributed by atoms with van der Waals surface area (Å²) >= 11 is 0. The zero-order chi connectivity index (χ0) is 25.4. The molecule has 3 rings (SSSR count). The summed E-state index contributed by atoms with van der Waals surface area (Å²) in [7, 11) is 3.98. The van der Waals surface area contributed by atoms with E-state index in [0.717, 1.165) is 42.7 Å². The Morgan fingerprint density at radius 1 is 1.11 bits per heavy atom. The van der Waals surface area contributed by atoms with Crippen LogP contribution in [0.3, 0.4) is 0 Å². The van der Waals surface area contributed by atoms with Gasteiger partial charge in [-0.3, -0.25) is 4.79 Å². The SMILES string of the molecule is CC[C@@H](C(=O)N(Cc1cc(NC(=O)NC(C)C)ccc1N(C)C)C[C@@H]1CCCO1)c1ccccc1. The molecule has 35 heavy (non-hydrogen) atoms. The van der Waals surface area contributed by atoms with Gasteiger partial charge in [0.1, 0.15) is 0 Å². The Balaban J connectivity index is 1.90. The van der Waals surface area contributed by atoms with E-state index in [2.05, 4.69) is 17.6 Å². The minimum absolute atomic E-state index is 0.0407. The number of urea groups is 1. The summed E-state index contributed by atoms with van der Waals surface area (Å²) in [5.41, 5.74) is 3.72. The van der Waals surface area contributed by atoms with Gasteiger partial charge in [-0.1, -0.05) is 37.3 Å². The first-order chi connectivity index (χ1) is 16.8. The molecule has 3 amide bonds. The zero-order valence-corrected chi connectivity index (χ0v) is 21.7. The third kappa shape index (κ3) is 7.46. The third-order valence-electron chi connectivity index (χ3n) is 6.27. The van der Waals surface area contributed by atoms with Gasteiger partial charge in [0.25, 0.3) is 0 Å². The molecule has 1 saturated heterocycles. The van der Waals surface area contributed by atoms with E-state index >= 15 is 0 Å². The van der Waals surface area contributed by atoms with Crippen molar-refractivity contribution in [3.8, 4) is 0 Å². The molecule has 0 spiro atoms. The lowest BCUT2D eigenvalue weighted by Gasteiger charge is -2.31. The predicted molar refractivity (Wildman–Crippen MR) is 142 cm³/mol. The highest BCUT2D eigenvalue weighted by Crippen LogP contribution is 2.29. The molecule has 0 aromatic heterocycles. The van der Waals surface area contributed by atoms with Gasteiger partial charge in [-0.2, -0.15) is 0 Å². The summed E-state index contributed by atoms with van der Waals surface area (Å²) in [6.07, 6.45) is 2.76. The number of rotatable bonds is 10. The van der Waals surface area contributed by atoms with Gasteiger partial charge in [0.15, 0.2) is 0 Å². The second-order valence-electron chi connectivity index (χ2n) is 9.72. The fourth-order valence-corrected chi connectivity index (χ4v) is 4.59. The van der Waals surface area contributed by atoms with Gasteiger partial charge in [0.2, 0.25) is 5.91 Å². The average molecular weight is 481 g/mol. The van der Waals surface area contributed by atoms with Gasteiger partial charge in [-0.25, -0.2) is 4.79 Å². The summed E-state index contributed by atoms with van der Waals surface area (Å²) in [6, 6.07) is 15.6. The fourth-order valence-electron chi connectivity index (χ4n) is 4.59. The number of benzene rings is 2. The number of carbonyl (C=O) groups excluding carboxylic acids is 2. The van der Waals surface area contributed by atoms with Crippen LogP contribution >= 0.6 is 0 Å². The summed E-state index contributed by atoms with van der Waals surface area (Å²) in [4.78, 5) is 30.2. The van der Waals surface area contributed by atoms with Crippen molar-refractivity contribution in [3.05, 3.63) is 59.7 Å². The Labute approximate surface area is 209 Å². The lowest BCUT2D eigenvalue weighted by atomic mass is 9.94. The maximum Gasteiger partial charge on any atom is 0.319 e. The van der Waals surface area contributed by atoms with Crippen LogP contribution < -0.4 is 15.5 Å². The van der Waals surface area contributed by atoms with Crippen LogP contribution in [0.4, 0.5) is 16.2 Å². The highest BCUT2D eigenvalue weighted by Gasteiger charge is 2.29. The molecule has 2 aromatic rings. The molecular formula is C28H40N4O3. The molecule has 0 radical (unpaired) electrons. The first-order valence-corrected chi connectivity index (χ1v) is 12.6. The Morgan fingerprint density at radius 3 is 2.46 bits per heavy atom. The monoisotopic (exact) mass is 480 g/mol. The third-order valence-corrected chi connectivity index (χ3v) is 6.27. The topological polar surface area (TPSA) is 73.9 Å². The molecule has 1 heterocycles. The number of amides is 3. The lowest BCUT2D eigenvalue weighted by Crippen LogP contribution is -2.40. The van der Waals surface area contributed by atoms with Crippen LogP contribution in [0.1, 0.15) is 57.1 Å². The number of nitrogens with zero attached hydrogens (tertiary/aromatic N) is 2. The smallest absolute Gasteiger partial charge is 0.319 e. The molecule has 0 bridgehead atoms. The molecule has 1 fully saturated rings. The second-order valence-corrected chi connectivity index (χ2v) is 9.72. The van der Waals surface area contributed by atoms with Crippen molar-refractivity contribution in [1.29, 1.82) is 0 Å². The van der Waals surface area contributed by atoms with E-state index in [1.165, 1.54) is 0 Å². The molecule has 2 N–H and O–H groups in total. The van der Waals surface area contributed by atoms with Crippen molar-refractivity contribution >= 4 is 23.3 Å². The Bertz CT molecular complexity index is 971. The van der Waals surface area contributed by atoms with Crippen molar-refractivity contribution in [2.75, 3.05) is 37.5 Å². The van der Waals surface area contributed by atoms with Crippen molar-refractivity contribution in [1.82, 2.24) is 10.2 Å². The second kappa shape index (κ2) is 12.6. The van der Waals surface area contributed by atoms with E-state index in [1.807, 2.05) is 86.3 Å². The van der Waals surface area contributed by atoms with E-state index in [9.17, 15) is 9.59 Å². The van der Waals surface area contributed by atoms with Crippen LogP contribution in [0, 0.1) is 0 Å². The molecular weight excluding hydrogens is 440 g/mol. The highest BCUT2D eigenvalue weighted by atomic mass is 16.5. The molecule has 2 aromatic carbocycles. The molecule has 2 atom stereocenters. The molecule has 1 aliphatic rings. The number of anilines is 2. The summed E-state index contributed by atoms with van der Waals surface area (Å²) < 4.78 is 5.91. The molecule has 1 aliphatic heterocycles. The van der Waals surface area contributed by atoms with E-state index in [4.69, 9.17) is 4.74 Å². The number of hydrogen-bond donors (Lipinski definition) is 2.